The zero-order valence-corrected chi connectivity index (χ0v) is 18.1. The number of halogens is 2. The van der Waals surface area contributed by atoms with Crippen LogP contribution in [0.2, 0.25) is 10.2 Å². The maximum atomic E-state index is 13.0. The van der Waals surface area contributed by atoms with Crippen molar-refractivity contribution >= 4 is 44.8 Å². The normalized spacial score (nSPS) is 15.1. The van der Waals surface area contributed by atoms with Crippen LogP contribution in [0.4, 0.5) is 5.69 Å². The van der Waals surface area contributed by atoms with Gasteiger partial charge in [0.05, 0.1) is 22.2 Å². The standard InChI is InChI=1S/C19H21Cl2N3O4S/c1-2-28-16-8-6-13(29(26,27)24-10-4-3-5-11-24)12-15(16)22-19(25)18-14(20)7-9-17(21)23-18/h6-9,12H,2-5,10-11H2,1H3,(H,22,25). The van der Waals surface area contributed by atoms with E-state index in [1.807, 2.05) is 0 Å². The van der Waals surface area contributed by atoms with E-state index in [0.29, 0.717) is 25.4 Å². The fraction of sp³-hybridized carbons (Fsp3) is 0.368. The molecule has 0 spiro atoms. The number of rotatable bonds is 6. The van der Waals surface area contributed by atoms with Crippen molar-refractivity contribution < 1.29 is 17.9 Å². The summed E-state index contributed by atoms with van der Waals surface area (Å²) < 4.78 is 33.0. The minimum atomic E-state index is -3.67. The van der Waals surface area contributed by atoms with E-state index in [4.69, 9.17) is 27.9 Å². The SMILES string of the molecule is CCOc1ccc(S(=O)(=O)N2CCCCC2)cc1NC(=O)c1nc(Cl)ccc1Cl. The van der Waals surface area contributed by atoms with Crippen LogP contribution in [0.15, 0.2) is 35.2 Å². The maximum Gasteiger partial charge on any atom is 0.275 e. The van der Waals surface area contributed by atoms with E-state index in [-0.39, 0.29) is 26.5 Å². The minimum Gasteiger partial charge on any atom is -0.492 e. The number of anilines is 1. The van der Waals surface area contributed by atoms with Crippen molar-refractivity contribution in [2.24, 2.45) is 0 Å². The summed E-state index contributed by atoms with van der Waals surface area (Å²) in [5.74, 6) is -0.275. The number of nitrogens with one attached hydrogen (secondary N) is 1. The molecule has 1 N–H and O–H groups in total. The monoisotopic (exact) mass is 457 g/mol. The van der Waals surface area contributed by atoms with E-state index in [2.05, 4.69) is 10.3 Å². The second-order valence-corrected chi connectivity index (χ2v) is 9.21. The highest BCUT2D eigenvalue weighted by Crippen LogP contribution is 2.31. The van der Waals surface area contributed by atoms with Gasteiger partial charge in [-0.15, -0.1) is 0 Å². The molecule has 1 saturated heterocycles. The van der Waals surface area contributed by atoms with E-state index in [1.165, 1.54) is 34.6 Å². The molecule has 3 rings (SSSR count). The van der Waals surface area contributed by atoms with Crippen molar-refractivity contribution in [2.45, 2.75) is 31.1 Å². The Balaban J connectivity index is 1.95. The molecule has 0 bridgehead atoms. The second-order valence-electron chi connectivity index (χ2n) is 6.47. The molecular formula is C19H21Cl2N3O4S. The van der Waals surface area contributed by atoms with Crippen molar-refractivity contribution in [3.63, 3.8) is 0 Å². The van der Waals surface area contributed by atoms with Gasteiger partial charge in [0.2, 0.25) is 10.0 Å². The molecule has 1 aromatic carbocycles. The number of piperidine rings is 1. The van der Waals surface area contributed by atoms with Gasteiger partial charge in [-0.25, -0.2) is 13.4 Å². The van der Waals surface area contributed by atoms with Crippen LogP contribution in [0.25, 0.3) is 0 Å². The van der Waals surface area contributed by atoms with Gasteiger partial charge in [-0.2, -0.15) is 4.31 Å². The molecule has 1 aromatic heterocycles. The lowest BCUT2D eigenvalue weighted by Crippen LogP contribution is -2.35. The Bertz CT molecular complexity index is 1010. The predicted octanol–water partition coefficient (Wildman–Crippen LogP) is 4.21. The quantitative estimate of drug-likeness (QED) is 0.655. The summed E-state index contributed by atoms with van der Waals surface area (Å²) in [5, 5.41) is 2.89. The summed E-state index contributed by atoms with van der Waals surface area (Å²) in [4.78, 5) is 16.7. The van der Waals surface area contributed by atoms with Gasteiger partial charge in [0.25, 0.3) is 5.91 Å². The predicted molar refractivity (Wildman–Crippen MR) is 112 cm³/mol. The molecule has 1 aliphatic rings. The number of benzene rings is 1. The number of hydrogen-bond donors (Lipinski definition) is 1. The molecule has 0 unspecified atom stereocenters. The lowest BCUT2D eigenvalue weighted by Gasteiger charge is -2.26. The van der Waals surface area contributed by atoms with Crippen LogP contribution in [0.3, 0.4) is 0 Å². The van der Waals surface area contributed by atoms with E-state index < -0.39 is 15.9 Å². The van der Waals surface area contributed by atoms with E-state index >= 15 is 0 Å². The third-order valence-electron chi connectivity index (χ3n) is 4.48. The molecule has 1 fully saturated rings. The molecule has 7 nitrogen and oxygen atoms in total. The first-order valence-corrected chi connectivity index (χ1v) is 11.4. The zero-order chi connectivity index (χ0) is 21.0. The van der Waals surface area contributed by atoms with Crippen molar-refractivity contribution in [1.82, 2.24) is 9.29 Å². The van der Waals surface area contributed by atoms with Gasteiger partial charge in [0.15, 0.2) is 0 Å². The zero-order valence-electron chi connectivity index (χ0n) is 15.8. The first-order valence-electron chi connectivity index (χ1n) is 9.23. The second kappa shape index (κ2) is 9.30. The first kappa shape index (κ1) is 21.8. The van der Waals surface area contributed by atoms with Crippen LogP contribution in [-0.2, 0) is 10.0 Å². The van der Waals surface area contributed by atoms with Crippen LogP contribution in [0, 0.1) is 0 Å². The third kappa shape index (κ3) is 5.01. The lowest BCUT2D eigenvalue weighted by molar-refractivity contribution is 0.102. The average molecular weight is 458 g/mol. The highest BCUT2D eigenvalue weighted by molar-refractivity contribution is 7.89. The third-order valence-corrected chi connectivity index (χ3v) is 6.89. The lowest BCUT2D eigenvalue weighted by atomic mass is 10.2. The molecule has 0 aliphatic carbocycles. The Kier molecular flexibility index (Phi) is 7.00. The summed E-state index contributed by atoms with van der Waals surface area (Å²) in [5.41, 5.74) is 0.152. The molecule has 156 valence electrons. The Morgan fingerprint density at radius 2 is 1.90 bits per heavy atom. The fourth-order valence-corrected chi connectivity index (χ4v) is 4.94. The van der Waals surface area contributed by atoms with Crippen molar-refractivity contribution in [3.05, 3.63) is 46.2 Å². The van der Waals surface area contributed by atoms with Crippen molar-refractivity contribution in [2.75, 3.05) is 25.0 Å². The number of ether oxygens (including phenoxy) is 1. The Morgan fingerprint density at radius 1 is 1.17 bits per heavy atom. The van der Waals surface area contributed by atoms with Gasteiger partial charge in [-0.3, -0.25) is 4.79 Å². The number of hydrogen-bond acceptors (Lipinski definition) is 5. The summed E-state index contributed by atoms with van der Waals surface area (Å²) in [6.45, 7) is 3.11. The number of carbonyl (C=O) groups excluding carboxylic acids is 1. The fourth-order valence-electron chi connectivity index (χ4n) is 3.06. The molecule has 10 heteroatoms. The van der Waals surface area contributed by atoms with Gasteiger partial charge in [-0.1, -0.05) is 29.6 Å². The number of amides is 1. The van der Waals surface area contributed by atoms with Crippen LogP contribution < -0.4 is 10.1 Å². The van der Waals surface area contributed by atoms with Crippen molar-refractivity contribution in [3.8, 4) is 5.75 Å². The largest absolute Gasteiger partial charge is 0.492 e. The Labute approximate surface area is 180 Å². The number of carbonyl (C=O) groups is 1. The van der Waals surface area contributed by atoms with Crippen LogP contribution >= 0.6 is 23.2 Å². The molecular weight excluding hydrogens is 437 g/mol. The topological polar surface area (TPSA) is 88.6 Å². The molecule has 0 atom stereocenters. The summed E-state index contributed by atoms with van der Waals surface area (Å²) in [6.07, 6.45) is 2.68. The summed E-state index contributed by atoms with van der Waals surface area (Å²) in [6, 6.07) is 7.34. The molecule has 1 aliphatic heterocycles. The number of aromatic nitrogens is 1. The van der Waals surface area contributed by atoms with E-state index in [0.717, 1.165) is 19.3 Å². The summed E-state index contributed by atoms with van der Waals surface area (Å²) >= 11 is 11.9. The number of nitrogens with zero attached hydrogens (tertiary/aromatic N) is 2. The number of sulfonamides is 1. The van der Waals surface area contributed by atoms with Crippen LogP contribution in [0.5, 0.6) is 5.75 Å². The number of pyridine rings is 1. The summed E-state index contributed by atoms with van der Waals surface area (Å²) in [7, 11) is -3.67. The molecule has 0 radical (unpaired) electrons. The minimum absolute atomic E-state index is 0.0640. The van der Waals surface area contributed by atoms with Gasteiger partial charge < -0.3 is 10.1 Å². The Hall–Kier alpha value is -1.87. The molecule has 29 heavy (non-hydrogen) atoms. The van der Waals surface area contributed by atoms with Crippen LogP contribution in [0.1, 0.15) is 36.7 Å². The molecule has 0 saturated carbocycles. The van der Waals surface area contributed by atoms with Gasteiger partial charge in [0, 0.05) is 13.1 Å². The molecule has 1 amide bonds. The highest BCUT2D eigenvalue weighted by Gasteiger charge is 2.27. The van der Waals surface area contributed by atoms with E-state index in [9.17, 15) is 13.2 Å². The molecule has 2 aromatic rings. The smallest absolute Gasteiger partial charge is 0.275 e. The van der Waals surface area contributed by atoms with Gasteiger partial charge >= 0.3 is 0 Å². The van der Waals surface area contributed by atoms with E-state index in [1.54, 1.807) is 6.92 Å². The van der Waals surface area contributed by atoms with Gasteiger partial charge in [-0.05, 0) is 50.1 Å². The van der Waals surface area contributed by atoms with Crippen LogP contribution in [-0.4, -0.2) is 43.3 Å². The maximum absolute atomic E-state index is 13.0. The van der Waals surface area contributed by atoms with Crippen molar-refractivity contribution in [1.29, 1.82) is 0 Å². The van der Waals surface area contributed by atoms with Gasteiger partial charge in [0.1, 0.15) is 16.6 Å². The Morgan fingerprint density at radius 3 is 2.59 bits per heavy atom. The highest BCUT2D eigenvalue weighted by atomic mass is 35.5. The first-order chi connectivity index (χ1) is 13.8. The average Bonchev–Trinajstić information content (AvgIpc) is 2.71. The molecule has 2 heterocycles.